The zero-order chi connectivity index (χ0) is 14.5. The number of rotatable bonds is 4. The summed E-state index contributed by atoms with van der Waals surface area (Å²) in [6.07, 6.45) is 1.60. The first-order chi connectivity index (χ1) is 9.63. The molecular weight excluding hydrogens is 254 g/mol. The van der Waals surface area contributed by atoms with Crippen LogP contribution in [-0.2, 0) is 9.53 Å². The number of ketones is 1. The quantitative estimate of drug-likeness (QED) is 0.624. The van der Waals surface area contributed by atoms with Gasteiger partial charge in [-0.05, 0) is 32.9 Å². The first-order valence-corrected chi connectivity index (χ1v) is 7.04. The van der Waals surface area contributed by atoms with Crippen molar-refractivity contribution in [3.05, 3.63) is 35.9 Å². The molecule has 1 aliphatic rings. The topological polar surface area (TPSA) is 46.6 Å². The van der Waals surface area contributed by atoms with Gasteiger partial charge in [0.05, 0.1) is 7.11 Å². The highest BCUT2D eigenvalue weighted by atomic mass is 16.5. The molecule has 0 bridgehead atoms. The fourth-order valence-electron chi connectivity index (χ4n) is 2.71. The summed E-state index contributed by atoms with van der Waals surface area (Å²) in [6, 6.07) is 9.20. The number of esters is 1. The fraction of sp³-hybridized carbons (Fsp3) is 0.500. The van der Waals surface area contributed by atoms with Gasteiger partial charge in [-0.3, -0.25) is 14.5 Å². The van der Waals surface area contributed by atoms with Crippen LogP contribution in [0, 0.1) is 5.92 Å². The molecule has 1 fully saturated rings. The summed E-state index contributed by atoms with van der Waals surface area (Å²) in [4.78, 5) is 26.0. The second kappa shape index (κ2) is 6.66. The predicted octanol–water partition coefficient (Wildman–Crippen LogP) is 2.14. The standard InChI is InChI=1S/C16H21NO3/c1-12(16(19)20-2)17-10-8-14(9-11-17)15(18)13-6-4-3-5-7-13/h3-7,12,14H,8-11H2,1-2H3. The summed E-state index contributed by atoms with van der Waals surface area (Å²) in [7, 11) is 1.41. The number of methoxy groups -OCH3 is 1. The first kappa shape index (κ1) is 14.7. The third-order valence-corrected chi connectivity index (χ3v) is 4.05. The molecule has 20 heavy (non-hydrogen) atoms. The molecule has 1 saturated heterocycles. The highest BCUT2D eigenvalue weighted by molar-refractivity contribution is 5.97. The van der Waals surface area contributed by atoms with Crippen LogP contribution < -0.4 is 0 Å². The number of hydrogen-bond acceptors (Lipinski definition) is 4. The molecule has 0 aromatic heterocycles. The number of ether oxygens (including phenoxy) is 1. The Morgan fingerprint density at radius 3 is 2.35 bits per heavy atom. The molecular formula is C16H21NO3. The number of carbonyl (C=O) groups excluding carboxylic acids is 2. The lowest BCUT2D eigenvalue weighted by Gasteiger charge is -2.34. The summed E-state index contributed by atoms with van der Waals surface area (Å²) in [6.45, 7) is 3.38. The van der Waals surface area contributed by atoms with Crippen LogP contribution in [-0.4, -0.2) is 42.9 Å². The third kappa shape index (κ3) is 3.25. The van der Waals surface area contributed by atoms with E-state index in [0.717, 1.165) is 31.5 Å². The van der Waals surface area contributed by atoms with Crippen molar-refractivity contribution in [2.24, 2.45) is 5.92 Å². The highest BCUT2D eigenvalue weighted by Gasteiger charge is 2.30. The van der Waals surface area contributed by atoms with Gasteiger partial charge < -0.3 is 4.74 Å². The molecule has 1 atom stereocenters. The van der Waals surface area contributed by atoms with Gasteiger partial charge in [-0.1, -0.05) is 30.3 Å². The molecule has 1 aromatic rings. The van der Waals surface area contributed by atoms with Crippen molar-refractivity contribution < 1.29 is 14.3 Å². The molecule has 0 spiro atoms. The monoisotopic (exact) mass is 275 g/mol. The van der Waals surface area contributed by atoms with Crippen LogP contribution in [0.15, 0.2) is 30.3 Å². The minimum absolute atomic E-state index is 0.0681. The van der Waals surface area contributed by atoms with Crippen molar-refractivity contribution >= 4 is 11.8 Å². The van der Waals surface area contributed by atoms with Gasteiger partial charge in [0.25, 0.3) is 0 Å². The maximum Gasteiger partial charge on any atom is 0.322 e. The number of Topliss-reactive ketones (excluding diaryl/α,β-unsaturated/α-hetero) is 1. The van der Waals surface area contributed by atoms with E-state index in [1.165, 1.54) is 7.11 Å². The van der Waals surface area contributed by atoms with E-state index < -0.39 is 0 Å². The molecule has 4 heteroatoms. The number of carbonyl (C=O) groups is 2. The normalized spacial score (nSPS) is 18.5. The Kier molecular flexibility index (Phi) is 4.90. The van der Waals surface area contributed by atoms with E-state index in [-0.39, 0.29) is 23.7 Å². The Bertz CT molecular complexity index is 464. The van der Waals surface area contributed by atoms with Gasteiger partial charge in [-0.2, -0.15) is 0 Å². The summed E-state index contributed by atoms with van der Waals surface area (Å²) >= 11 is 0. The number of benzene rings is 1. The van der Waals surface area contributed by atoms with E-state index in [2.05, 4.69) is 4.90 Å². The Labute approximate surface area is 119 Å². The number of nitrogens with zero attached hydrogens (tertiary/aromatic N) is 1. The molecule has 0 aliphatic carbocycles. The molecule has 2 rings (SSSR count). The van der Waals surface area contributed by atoms with Crippen LogP contribution in [0.4, 0.5) is 0 Å². The van der Waals surface area contributed by atoms with Gasteiger partial charge in [0, 0.05) is 11.5 Å². The molecule has 1 aliphatic heterocycles. The van der Waals surface area contributed by atoms with Gasteiger partial charge in [0.2, 0.25) is 0 Å². The molecule has 108 valence electrons. The van der Waals surface area contributed by atoms with Crippen LogP contribution in [0.3, 0.4) is 0 Å². The summed E-state index contributed by atoms with van der Waals surface area (Å²) in [5.74, 6) is 0.0762. The van der Waals surface area contributed by atoms with E-state index in [0.29, 0.717) is 0 Å². The lowest BCUT2D eigenvalue weighted by Crippen LogP contribution is -2.45. The number of likely N-dealkylation sites (tertiary alicyclic amines) is 1. The van der Waals surface area contributed by atoms with Crippen LogP contribution in [0.5, 0.6) is 0 Å². The summed E-state index contributed by atoms with van der Waals surface area (Å²) in [5.41, 5.74) is 0.784. The highest BCUT2D eigenvalue weighted by Crippen LogP contribution is 2.23. The van der Waals surface area contributed by atoms with Crippen molar-refractivity contribution in [2.75, 3.05) is 20.2 Å². The lowest BCUT2D eigenvalue weighted by molar-refractivity contribution is -0.146. The molecule has 1 unspecified atom stereocenters. The SMILES string of the molecule is COC(=O)C(C)N1CCC(C(=O)c2ccccc2)CC1. The first-order valence-electron chi connectivity index (χ1n) is 7.04. The molecule has 1 aromatic carbocycles. The van der Waals surface area contributed by atoms with Crippen molar-refractivity contribution in [3.8, 4) is 0 Å². The average molecular weight is 275 g/mol. The molecule has 0 radical (unpaired) electrons. The smallest absolute Gasteiger partial charge is 0.322 e. The van der Waals surface area contributed by atoms with Gasteiger partial charge in [0.15, 0.2) is 5.78 Å². The maximum atomic E-state index is 12.4. The van der Waals surface area contributed by atoms with Crippen LogP contribution >= 0.6 is 0 Å². The Balaban J connectivity index is 1.91. The van der Waals surface area contributed by atoms with E-state index in [1.54, 1.807) is 0 Å². The van der Waals surface area contributed by atoms with Crippen molar-refractivity contribution in [1.29, 1.82) is 0 Å². The Morgan fingerprint density at radius 2 is 1.80 bits per heavy atom. The number of hydrogen-bond donors (Lipinski definition) is 0. The van der Waals surface area contributed by atoms with Crippen LogP contribution in [0.25, 0.3) is 0 Å². The van der Waals surface area contributed by atoms with Gasteiger partial charge >= 0.3 is 5.97 Å². The molecule has 0 saturated carbocycles. The maximum absolute atomic E-state index is 12.4. The van der Waals surface area contributed by atoms with Gasteiger partial charge in [0.1, 0.15) is 6.04 Å². The zero-order valence-electron chi connectivity index (χ0n) is 12.0. The van der Waals surface area contributed by atoms with Gasteiger partial charge in [-0.15, -0.1) is 0 Å². The molecule has 0 amide bonds. The van der Waals surface area contributed by atoms with Crippen LogP contribution in [0.2, 0.25) is 0 Å². The minimum Gasteiger partial charge on any atom is -0.468 e. The van der Waals surface area contributed by atoms with Crippen molar-refractivity contribution in [3.63, 3.8) is 0 Å². The third-order valence-electron chi connectivity index (χ3n) is 4.05. The minimum atomic E-state index is -0.229. The molecule has 1 heterocycles. The Morgan fingerprint density at radius 1 is 1.20 bits per heavy atom. The molecule has 0 N–H and O–H groups in total. The van der Waals surface area contributed by atoms with E-state index >= 15 is 0 Å². The van der Waals surface area contributed by atoms with E-state index in [1.807, 2.05) is 37.3 Å². The van der Waals surface area contributed by atoms with Gasteiger partial charge in [-0.25, -0.2) is 0 Å². The van der Waals surface area contributed by atoms with Crippen molar-refractivity contribution in [2.45, 2.75) is 25.8 Å². The summed E-state index contributed by atoms with van der Waals surface area (Å²) < 4.78 is 4.76. The second-order valence-electron chi connectivity index (χ2n) is 5.24. The lowest BCUT2D eigenvalue weighted by atomic mass is 9.88. The van der Waals surface area contributed by atoms with Crippen LogP contribution in [0.1, 0.15) is 30.1 Å². The average Bonchev–Trinajstić information content (AvgIpc) is 2.53. The second-order valence-corrected chi connectivity index (χ2v) is 5.24. The summed E-state index contributed by atoms with van der Waals surface area (Å²) in [5, 5.41) is 0. The largest absolute Gasteiger partial charge is 0.468 e. The fourth-order valence-corrected chi connectivity index (χ4v) is 2.71. The zero-order valence-corrected chi connectivity index (χ0v) is 12.0. The van der Waals surface area contributed by atoms with E-state index in [9.17, 15) is 9.59 Å². The number of piperidine rings is 1. The Hall–Kier alpha value is -1.68. The predicted molar refractivity (Wildman–Crippen MR) is 76.5 cm³/mol. The van der Waals surface area contributed by atoms with E-state index in [4.69, 9.17) is 4.74 Å². The molecule has 4 nitrogen and oxygen atoms in total. The van der Waals surface area contributed by atoms with Crippen molar-refractivity contribution in [1.82, 2.24) is 4.90 Å².